The number of aromatic amines is 1. The summed E-state index contributed by atoms with van der Waals surface area (Å²) in [4.78, 5) is 26.9. The first kappa shape index (κ1) is 32.7. The van der Waals surface area contributed by atoms with E-state index in [1.165, 1.54) is 23.1 Å². The Balaban J connectivity index is 1.54. The zero-order valence-corrected chi connectivity index (χ0v) is 26.2. The van der Waals surface area contributed by atoms with E-state index in [0.717, 1.165) is 36.0 Å². The van der Waals surface area contributed by atoms with Crippen molar-refractivity contribution < 1.29 is 28.8 Å². The highest BCUT2D eigenvalue weighted by Crippen LogP contribution is 2.43. The van der Waals surface area contributed by atoms with Gasteiger partial charge < -0.3 is 28.8 Å². The zero-order chi connectivity index (χ0) is 32.5. The number of H-pyrrole nitrogens is 1. The Hall–Kier alpha value is -4.64. The summed E-state index contributed by atoms with van der Waals surface area (Å²) in [5.74, 6) is 1.38. The minimum Gasteiger partial charge on any atom is -0.497 e. The smallest absolute Gasteiger partial charge is 0.330 e. The number of hydrogen-bond acceptors (Lipinski definition) is 8. The normalized spacial score (nSPS) is 19.7. The lowest BCUT2D eigenvalue weighted by atomic mass is 9.80. The molecule has 1 fully saturated rings. The molecular weight excluding hydrogens is 588 g/mol. The van der Waals surface area contributed by atoms with Crippen LogP contribution < -0.4 is 20.7 Å². The number of aromatic nitrogens is 2. The summed E-state index contributed by atoms with van der Waals surface area (Å²) >= 11 is 0. The molecule has 4 atom stereocenters. The van der Waals surface area contributed by atoms with E-state index in [4.69, 9.17) is 23.7 Å². The van der Waals surface area contributed by atoms with Crippen LogP contribution in [0.25, 0.3) is 0 Å². The number of ether oxygens (including phenoxy) is 5. The number of rotatable bonds is 14. The van der Waals surface area contributed by atoms with E-state index in [0.29, 0.717) is 11.5 Å². The fourth-order valence-electron chi connectivity index (χ4n) is 5.67. The maximum atomic E-state index is 12.8. The molecule has 10 heteroatoms. The average molecular weight is 629 g/mol. The molecule has 0 saturated carbocycles. The van der Waals surface area contributed by atoms with E-state index >= 15 is 0 Å². The van der Waals surface area contributed by atoms with Crippen LogP contribution in [-0.2, 0) is 19.8 Å². The first-order chi connectivity index (χ1) is 22.4. The van der Waals surface area contributed by atoms with Crippen LogP contribution in [0.15, 0.2) is 113 Å². The Kier molecular flexibility index (Phi) is 10.7. The highest BCUT2D eigenvalue weighted by atomic mass is 16.6. The van der Waals surface area contributed by atoms with Gasteiger partial charge in [0.1, 0.15) is 29.3 Å². The van der Waals surface area contributed by atoms with Crippen molar-refractivity contribution in [2.45, 2.75) is 56.3 Å². The summed E-state index contributed by atoms with van der Waals surface area (Å²) < 4.78 is 31.3. The van der Waals surface area contributed by atoms with Crippen LogP contribution >= 0.6 is 0 Å². The van der Waals surface area contributed by atoms with Crippen molar-refractivity contribution in [1.82, 2.24) is 9.55 Å². The first-order valence-electron chi connectivity index (χ1n) is 15.3. The largest absolute Gasteiger partial charge is 0.497 e. The van der Waals surface area contributed by atoms with Crippen molar-refractivity contribution in [1.29, 1.82) is 0 Å². The van der Waals surface area contributed by atoms with Crippen LogP contribution in [0.3, 0.4) is 0 Å². The van der Waals surface area contributed by atoms with Gasteiger partial charge in [-0.3, -0.25) is 14.3 Å². The van der Waals surface area contributed by atoms with Crippen LogP contribution in [0.5, 0.6) is 11.5 Å². The summed E-state index contributed by atoms with van der Waals surface area (Å²) in [6.45, 7) is 2.02. The summed E-state index contributed by atoms with van der Waals surface area (Å²) in [7, 11) is 3.22. The molecule has 2 heterocycles. The van der Waals surface area contributed by atoms with Crippen LogP contribution in [0.4, 0.5) is 0 Å². The van der Waals surface area contributed by atoms with Gasteiger partial charge in [-0.15, -0.1) is 0 Å². The van der Waals surface area contributed by atoms with E-state index in [2.05, 4.69) is 11.9 Å². The van der Waals surface area contributed by atoms with Gasteiger partial charge in [-0.1, -0.05) is 67.9 Å². The van der Waals surface area contributed by atoms with E-state index in [-0.39, 0.29) is 6.61 Å². The molecule has 0 radical (unpaired) electrons. The summed E-state index contributed by atoms with van der Waals surface area (Å²) in [6.07, 6.45) is 3.49. The fraction of sp³-hybridized carbons (Fsp3) is 0.333. The SMILES string of the molecule is CCCCC=CO[C@@H]1[C@H](O)[C@@H](COC(c2ccccc2)(c2ccc(OC)cc2)c2ccc(OC)cc2)O[C@H]1n1ccc(=O)[nH]c1=O. The molecule has 1 aliphatic rings. The third-order valence-corrected chi connectivity index (χ3v) is 8.13. The number of benzene rings is 3. The predicted molar refractivity (Wildman–Crippen MR) is 173 cm³/mol. The van der Waals surface area contributed by atoms with Gasteiger partial charge >= 0.3 is 5.69 Å². The van der Waals surface area contributed by atoms with Crippen molar-refractivity contribution in [3.63, 3.8) is 0 Å². The summed E-state index contributed by atoms with van der Waals surface area (Å²) in [5.41, 5.74) is 0.118. The summed E-state index contributed by atoms with van der Waals surface area (Å²) in [5, 5.41) is 11.6. The van der Waals surface area contributed by atoms with Crippen LogP contribution in [-0.4, -0.2) is 53.8 Å². The van der Waals surface area contributed by atoms with Crippen molar-refractivity contribution in [3.8, 4) is 11.5 Å². The van der Waals surface area contributed by atoms with Gasteiger partial charge in [-0.05, 0) is 59.9 Å². The quantitative estimate of drug-likeness (QED) is 0.115. The molecule has 1 aliphatic heterocycles. The molecule has 1 aromatic heterocycles. The Labute approximate surface area is 267 Å². The Morgan fingerprint density at radius 3 is 2.07 bits per heavy atom. The minimum absolute atomic E-state index is 0.0812. The van der Waals surface area contributed by atoms with Crippen molar-refractivity contribution >= 4 is 0 Å². The Morgan fingerprint density at radius 2 is 1.50 bits per heavy atom. The Morgan fingerprint density at radius 1 is 0.891 bits per heavy atom. The first-order valence-corrected chi connectivity index (χ1v) is 15.3. The highest BCUT2D eigenvalue weighted by molar-refractivity contribution is 5.49. The molecule has 1 saturated heterocycles. The van der Waals surface area contributed by atoms with Gasteiger partial charge in [-0.25, -0.2) is 4.79 Å². The van der Waals surface area contributed by atoms with Gasteiger partial charge in [0.25, 0.3) is 5.56 Å². The maximum absolute atomic E-state index is 12.8. The molecular formula is C36H40N2O8. The van der Waals surface area contributed by atoms with E-state index < -0.39 is 41.4 Å². The average Bonchev–Trinajstić information content (AvgIpc) is 3.40. The minimum atomic E-state index is -1.18. The third-order valence-electron chi connectivity index (χ3n) is 8.13. The second-order valence-corrected chi connectivity index (χ2v) is 11.0. The predicted octanol–water partition coefficient (Wildman–Crippen LogP) is 4.91. The molecule has 0 spiro atoms. The lowest BCUT2D eigenvalue weighted by Gasteiger charge is -2.37. The molecule has 46 heavy (non-hydrogen) atoms. The van der Waals surface area contributed by atoms with Crippen LogP contribution in [0.2, 0.25) is 0 Å². The van der Waals surface area contributed by atoms with Crippen molar-refractivity contribution in [2.75, 3.05) is 20.8 Å². The second-order valence-electron chi connectivity index (χ2n) is 11.0. The topological polar surface area (TPSA) is 121 Å². The number of allylic oxidation sites excluding steroid dienone is 1. The zero-order valence-electron chi connectivity index (χ0n) is 26.2. The van der Waals surface area contributed by atoms with Crippen LogP contribution in [0, 0.1) is 0 Å². The van der Waals surface area contributed by atoms with Crippen LogP contribution in [0.1, 0.15) is 49.1 Å². The highest BCUT2D eigenvalue weighted by Gasteiger charge is 2.48. The van der Waals surface area contributed by atoms with Gasteiger partial charge in [0.15, 0.2) is 12.3 Å². The molecule has 3 aromatic carbocycles. The molecule has 4 aromatic rings. The monoisotopic (exact) mass is 628 g/mol. The molecule has 0 bridgehead atoms. The van der Waals surface area contributed by atoms with E-state index in [9.17, 15) is 14.7 Å². The fourth-order valence-corrected chi connectivity index (χ4v) is 5.67. The number of nitrogens with zero attached hydrogens (tertiary/aromatic N) is 1. The third kappa shape index (κ3) is 6.94. The summed E-state index contributed by atoms with van der Waals surface area (Å²) in [6, 6.07) is 26.2. The number of aliphatic hydroxyl groups excluding tert-OH is 1. The van der Waals surface area contributed by atoms with E-state index in [1.807, 2.05) is 84.9 Å². The van der Waals surface area contributed by atoms with Gasteiger partial charge in [-0.2, -0.15) is 0 Å². The molecule has 10 nitrogen and oxygen atoms in total. The number of nitrogens with one attached hydrogen (secondary N) is 1. The van der Waals surface area contributed by atoms with Gasteiger partial charge in [0.05, 0.1) is 27.1 Å². The molecule has 0 unspecified atom stereocenters. The Bertz CT molecular complexity index is 1630. The standard InChI is InChI=1S/C36H40N2O8/c1-4-5-6-10-23-44-33-32(40)30(46-34(33)38-22-21-31(39)37-35(38)41)24-45-36(25-11-8-7-9-12-25,26-13-17-28(42-2)18-14-26)27-15-19-29(43-3)20-16-27/h7-23,30,32-34,40H,4-6,24H2,1-3H3,(H,37,39,41)/t30-,32-,33-,34-/m1/s1. The number of hydrogen-bond donors (Lipinski definition) is 2. The molecule has 5 rings (SSSR count). The second kappa shape index (κ2) is 15.1. The number of aliphatic hydroxyl groups is 1. The molecule has 0 aliphatic carbocycles. The maximum Gasteiger partial charge on any atom is 0.330 e. The van der Waals surface area contributed by atoms with Gasteiger partial charge in [0.2, 0.25) is 0 Å². The molecule has 2 N–H and O–H groups in total. The lowest BCUT2D eigenvalue weighted by Crippen LogP contribution is -2.40. The van der Waals surface area contributed by atoms with Crippen molar-refractivity contribution in [2.24, 2.45) is 0 Å². The van der Waals surface area contributed by atoms with E-state index in [1.54, 1.807) is 14.2 Å². The number of unbranched alkanes of at least 4 members (excludes halogenated alkanes) is 2. The number of methoxy groups -OCH3 is 2. The molecule has 242 valence electrons. The lowest BCUT2D eigenvalue weighted by molar-refractivity contribution is -0.0960. The molecule has 0 amide bonds. The van der Waals surface area contributed by atoms with Gasteiger partial charge in [0, 0.05) is 12.3 Å². The van der Waals surface area contributed by atoms with Crippen molar-refractivity contribution in [3.05, 3.63) is 141 Å².